The number of rotatable bonds is 23. The Kier molecular flexibility index (Phi) is 21.3. The first-order chi connectivity index (χ1) is 18.0. The van der Waals surface area contributed by atoms with Gasteiger partial charge in [0.1, 0.15) is 11.6 Å². The van der Waals surface area contributed by atoms with Crippen molar-refractivity contribution in [3.63, 3.8) is 0 Å². The highest BCUT2D eigenvalue weighted by Gasteiger charge is 2.21. The molecule has 1 unspecified atom stereocenters. The van der Waals surface area contributed by atoms with Crippen molar-refractivity contribution in [3.8, 4) is 0 Å². The highest BCUT2D eigenvalue weighted by molar-refractivity contribution is 5.88. The van der Waals surface area contributed by atoms with Crippen LogP contribution < -0.4 is 16.0 Å². The first kappa shape index (κ1) is 35.7. The molecule has 0 heterocycles. The van der Waals surface area contributed by atoms with Crippen LogP contribution in [0, 0.1) is 0 Å². The topological polar surface area (TPSA) is 134 Å². The predicted octanol–water partition coefficient (Wildman–Crippen LogP) is 5.85. The van der Waals surface area contributed by atoms with Gasteiger partial charge in [-0.1, -0.05) is 90.4 Å². The number of hydrogen-bond donors (Lipinski definition) is 4. The van der Waals surface area contributed by atoms with Gasteiger partial charge in [-0.3, -0.25) is 14.4 Å². The van der Waals surface area contributed by atoms with Gasteiger partial charge in [0.15, 0.2) is 0 Å². The Labute approximate surface area is 230 Å². The molecular weight excluding hydrogens is 486 g/mol. The fourth-order valence-electron chi connectivity index (χ4n) is 4.07. The molecule has 1 atom stereocenters. The van der Waals surface area contributed by atoms with E-state index in [4.69, 9.17) is 9.84 Å². The van der Waals surface area contributed by atoms with Crippen molar-refractivity contribution in [1.82, 2.24) is 16.0 Å². The van der Waals surface area contributed by atoms with Crippen molar-refractivity contribution >= 4 is 23.9 Å². The van der Waals surface area contributed by atoms with E-state index >= 15 is 0 Å². The van der Waals surface area contributed by atoms with Crippen LogP contribution in [0.2, 0.25) is 0 Å². The molecule has 3 amide bonds. The summed E-state index contributed by atoms with van der Waals surface area (Å²) >= 11 is 0. The van der Waals surface area contributed by atoms with Crippen LogP contribution in [-0.2, 0) is 19.1 Å². The molecule has 0 aliphatic rings. The molecule has 0 saturated carbocycles. The molecule has 0 aromatic carbocycles. The van der Waals surface area contributed by atoms with Crippen LogP contribution in [0.4, 0.5) is 4.79 Å². The van der Waals surface area contributed by atoms with Crippen molar-refractivity contribution < 1.29 is 29.0 Å². The number of carbonyl (C=O) groups excluding carboxylic acids is 3. The molecule has 0 rings (SSSR count). The Hall–Kier alpha value is -2.32. The standard InChI is InChI=1S/C29H55N3O6/c1-5-6-7-8-9-10-11-12-13-14-15-16-17-18-19-25(33)32-24(20-21-26(34)35)27(36)30-22-23-31-28(37)38-29(2,3)4/h24H,5-23H2,1-4H3,(H,30,36)(H,31,37)(H,32,33)(H,34,35). The third-order valence-corrected chi connectivity index (χ3v) is 6.15. The van der Waals surface area contributed by atoms with Crippen molar-refractivity contribution in [2.75, 3.05) is 13.1 Å². The number of aliphatic carboxylic acids is 1. The lowest BCUT2D eigenvalue weighted by atomic mass is 10.0. The third kappa shape index (κ3) is 24.0. The summed E-state index contributed by atoms with van der Waals surface area (Å²) in [6.07, 6.45) is 16.8. The first-order valence-corrected chi connectivity index (χ1v) is 14.8. The maximum Gasteiger partial charge on any atom is 0.407 e. The summed E-state index contributed by atoms with van der Waals surface area (Å²) in [4.78, 5) is 47.5. The molecule has 0 bridgehead atoms. The minimum absolute atomic E-state index is 0.00510. The zero-order chi connectivity index (χ0) is 28.7. The van der Waals surface area contributed by atoms with Gasteiger partial charge in [0.25, 0.3) is 0 Å². The second-order valence-electron chi connectivity index (χ2n) is 11.1. The molecule has 0 aliphatic heterocycles. The van der Waals surface area contributed by atoms with E-state index in [-0.39, 0.29) is 31.8 Å². The number of carboxylic acid groups (broad SMARTS) is 1. The molecule has 0 fully saturated rings. The molecule has 0 spiro atoms. The van der Waals surface area contributed by atoms with Gasteiger partial charge in [-0.15, -0.1) is 0 Å². The Bertz CT molecular complexity index is 663. The minimum atomic E-state index is -1.03. The molecule has 4 N–H and O–H groups in total. The smallest absolute Gasteiger partial charge is 0.407 e. The SMILES string of the molecule is CCCCCCCCCCCCCCCCC(=O)NC(CCC(=O)O)C(=O)NCCNC(=O)OC(C)(C)C. The highest BCUT2D eigenvalue weighted by Crippen LogP contribution is 2.13. The molecule has 9 nitrogen and oxygen atoms in total. The molecule has 222 valence electrons. The number of carbonyl (C=O) groups is 4. The van der Waals surface area contributed by atoms with E-state index in [1.807, 2.05) is 0 Å². The van der Waals surface area contributed by atoms with E-state index in [9.17, 15) is 19.2 Å². The highest BCUT2D eigenvalue weighted by atomic mass is 16.6. The summed E-state index contributed by atoms with van der Waals surface area (Å²) in [5, 5.41) is 16.8. The van der Waals surface area contributed by atoms with E-state index in [1.165, 1.54) is 70.6 Å². The molecule has 0 aromatic rings. The van der Waals surface area contributed by atoms with Crippen LogP contribution in [0.1, 0.15) is 137 Å². The maximum atomic E-state index is 12.5. The normalized spacial score (nSPS) is 12.0. The molecule has 38 heavy (non-hydrogen) atoms. The monoisotopic (exact) mass is 541 g/mol. The van der Waals surface area contributed by atoms with Crippen LogP contribution >= 0.6 is 0 Å². The summed E-state index contributed by atoms with van der Waals surface area (Å²) in [6, 6.07) is -0.924. The summed E-state index contributed by atoms with van der Waals surface area (Å²) in [7, 11) is 0. The zero-order valence-electron chi connectivity index (χ0n) is 24.5. The molecule has 0 aromatic heterocycles. The third-order valence-electron chi connectivity index (χ3n) is 6.15. The van der Waals surface area contributed by atoms with Gasteiger partial charge in [-0.25, -0.2) is 4.79 Å². The van der Waals surface area contributed by atoms with Gasteiger partial charge >= 0.3 is 12.1 Å². The van der Waals surface area contributed by atoms with Gasteiger partial charge < -0.3 is 25.8 Å². The number of alkyl carbamates (subject to hydrolysis) is 1. The maximum absolute atomic E-state index is 12.5. The summed E-state index contributed by atoms with van der Waals surface area (Å²) in [5.74, 6) is -1.75. The van der Waals surface area contributed by atoms with E-state index in [1.54, 1.807) is 20.8 Å². The lowest BCUT2D eigenvalue weighted by Crippen LogP contribution is -2.48. The lowest BCUT2D eigenvalue weighted by Gasteiger charge is -2.20. The Balaban J connectivity index is 4.03. The Morgan fingerprint density at radius 2 is 1.18 bits per heavy atom. The van der Waals surface area contributed by atoms with E-state index in [2.05, 4.69) is 22.9 Å². The van der Waals surface area contributed by atoms with E-state index < -0.39 is 29.6 Å². The molecule has 9 heteroatoms. The van der Waals surface area contributed by atoms with Crippen molar-refractivity contribution in [1.29, 1.82) is 0 Å². The van der Waals surface area contributed by atoms with Crippen LogP contribution in [0.5, 0.6) is 0 Å². The fraction of sp³-hybridized carbons (Fsp3) is 0.862. The quantitative estimate of drug-likeness (QED) is 0.120. The first-order valence-electron chi connectivity index (χ1n) is 14.8. The van der Waals surface area contributed by atoms with E-state index in [0.29, 0.717) is 6.42 Å². The Morgan fingerprint density at radius 1 is 0.711 bits per heavy atom. The van der Waals surface area contributed by atoms with Crippen molar-refractivity contribution in [3.05, 3.63) is 0 Å². The summed E-state index contributed by atoms with van der Waals surface area (Å²) < 4.78 is 5.13. The Morgan fingerprint density at radius 3 is 1.66 bits per heavy atom. The average Bonchev–Trinajstić information content (AvgIpc) is 2.83. The fourth-order valence-corrected chi connectivity index (χ4v) is 4.07. The van der Waals surface area contributed by atoms with Crippen LogP contribution in [0.25, 0.3) is 0 Å². The van der Waals surface area contributed by atoms with Crippen LogP contribution in [-0.4, -0.2) is 53.7 Å². The largest absolute Gasteiger partial charge is 0.481 e. The summed E-state index contributed by atoms with van der Waals surface area (Å²) in [5.41, 5.74) is -0.619. The molecule has 0 radical (unpaired) electrons. The summed E-state index contributed by atoms with van der Waals surface area (Å²) in [6.45, 7) is 7.79. The molecular formula is C29H55N3O6. The second kappa shape index (κ2) is 22.6. The van der Waals surface area contributed by atoms with E-state index in [0.717, 1.165) is 19.3 Å². The van der Waals surface area contributed by atoms with Crippen LogP contribution in [0.15, 0.2) is 0 Å². The van der Waals surface area contributed by atoms with Crippen molar-refractivity contribution in [2.24, 2.45) is 0 Å². The second-order valence-corrected chi connectivity index (χ2v) is 11.1. The number of ether oxygens (including phenoxy) is 1. The zero-order valence-corrected chi connectivity index (χ0v) is 24.5. The van der Waals surface area contributed by atoms with Gasteiger partial charge in [0, 0.05) is 25.9 Å². The number of amides is 3. The lowest BCUT2D eigenvalue weighted by molar-refractivity contribution is -0.138. The number of hydrogen-bond acceptors (Lipinski definition) is 5. The predicted molar refractivity (Wildman–Crippen MR) is 151 cm³/mol. The van der Waals surface area contributed by atoms with Gasteiger partial charge in [-0.05, 0) is 33.6 Å². The molecule has 0 saturated heterocycles. The van der Waals surface area contributed by atoms with Gasteiger partial charge in [-0.2, -0.15) is 0 Å². The number of carboxylic acids is 1. The van der Waals surface area contributed by atoms with Gasteiger partial charge in [0.05, 0.1) is 0 Å². The van der Waals surface area contributed by atoms with Crippen molar-refractivity contribution in [2.45, 2.75) is 148 Å². The number of unbranched alkanes of at least 4 members (excludes halogenated alkanes) is 13. The minimum Gasteiger partial charge on any atom is -0.481 e. The number of nitrogens with one attached hydrogen (secondary N) is 3. The van der Waals surface area contributed by atoms with Gasteiger partial charge in [0.2, 0.25) is 11.8 Å². The molecule has 0 aliphatic carbocycles. The van der Waals surface area contributed by atoms with Crippen LogP contribution in [0.3, 0.4) is 0 Å². The average molecular weight is 542 g/mol.